The van der Waals surface area contributed by atoms with Gasteiger partial charge in [0.15, 0.2) is 0 Å². The van der Waals surface area contributed by atoms with Crippen LogP contribution in [-0.4, -0.2) is 6.61 Å². The number of benzene rings is 1. The summed E-state index contributed by atoms with van der Waals surface area (Å²) in [4.78, 5) is 0. The minimum atomic E-state index is 0.194. The third kappa shape index (κ3) is 7.24. The molecule has 0 spiro atoms. The molecule has 3 unspecified atom stereocenters. The largest absolute Gasteiger partial charge is 0.493 e. The molecule has 0 aliphatic heterocycles. The van der Waals surface area contributed by atoms with Gasteiger partial charge in [0.2, 0.25) is 0 Å². The van der Waals surface area contributed by atoms with Crippen molar-refractivity contribution in [1.82, 2.24) is 0 Å². The van der Waals surface area contributed by atoms with E-state index in [4.69, 9.17) is 42.6 Å². The number of hydrogen-bond acceptors (Lipinski definition) is 4. The molecule has 0 fully saturated rings. The molecule has 0 aliphatic rings. The summed E-state index contributed by atoms with van der Waals surface area (Å²) in [6.45, 7) is 9.59. The molecule has 0 aliphatic carbocycles. The number of hydrogen-bond donors (Lipinski definition) is 3. The molecule has 1 nitrogen and oxygen atoms in total. The van der Waals surface area contributed by atoms with E-state index >= 15 is 0 Å². The summed E-state index contributed by atoms with van der Waals surface area (Å²) in [6, 6.07) is 4.58. The van der Waals surface area contributed by atoms with Crippen molar-refractivity contribution in [2.75, 3.05) is 6.61 Å². The van der Waals surface area contributed by atoms with Gasteiger partial charge >= 0.3 is 0 Å². The minimum absolute atomic E-state index is 0.194. The second kappa shape index (κ2) is 13.3. The maximum absolute atomic E-state index is 6.32. The van der Waals surface area contributed by atoms with Crippen LogP contribution >= 0.6 is 37.9 Å². The van der Waals surface area contributed by atoms with Gasteiger partial charge in [0, 0.05) is 26.9 Å². The summed E-state index contributed by atoms with van der Waals surface area (Å²) < 4.78 is 6.32. The summed E-state index contributed by atoms with van der Waals surface area (Å²) in [5.41, 5.74) is 3.74. The molecule has 0 N–H and O–H groups in total. The van der Waals surface area contributed by atoms with E-state index in [-0.39, 0.29) is 15.7 Å². The molecule has 3 atom stereocenters. The zero-order valence-corrected chi connectivity index (χ0v) is 19.7. The SMILES string of the molecule is CCCCOc1c(C(S)CCC)cc(C(S)CCC)cc1C(S)CCC. The molecular weight excluding hydrogens is 376 g/mol. The summed E-state index contributed by atoms with van der Waals surface area (Å²) in [6.07, 6.45) is 8.73. The van der Waals surface area contributed by atoms with Crippen molar-refractivity contribution in [3.63, 3.8) is 0 Å². The van der Waals surface area contributed by atoms with Crippen LogP contribution in [0.1, 0.15) is 112 Å². The Kier molecular flexibility index (Phi) is 12.3. The predicted octanol–water partition coefficient (Wildman–Crippen LogP) is 8.18. The molecule has 0 heterocycles. The Labute approximate surface area is 178 Å². The fourth-order valence-electron chi connectivity index (χ4n) is 3.17. The molecule has 0 saturated heterocycles. The lowest BCUT2D eigenvalue weighted by molar-refractivity contribution is 0.302. The quantitative estimate of drug-likeness (QED) is 0.218. The van der Waals surface area contributed by atoms with Crippen LogP contribution in [0, 0.1) is 0 Å². The highest BCUT2D eigenvalue weighted by Gasteiger charge is 2.22. The van der Waals surface area contributed by atoms with Crippen LogP contribution in [-0.2, 0) is 0 Å². The van der Waals surface area contributed by atoms with E-state index in [2.05, 4.69) is 39.8 Å². The van der Waals surface area contributed by atoms with Crippen LogP contribution < -0.4 is 4.74 Å². The first kappa shape index (κ1) is 24.1. The Morgan fingerprint density at radius 1 is 0.731 bits per heavy atom. The van der Waals surface area contributed by atoms with Crippen molar-refractivity contribution in [3.8, 4) is 5.75 Å². The van der Waals surface area contributed by atoms with Gasteiger partial charge in [-0.1, -0.05) is 53.4 Å². The van der Waals surface area contributed by atoms with Gasteiger partial charge in [-0.05, 0) is 43.4 Å². The van der Waals surface area contributed by atoms with Gasteiger partial charge in [-0.3, -0.25) is 0 Å². The first-order valence-corrected chi connectivity index (χ1v) is 11.9. The lowest BCUT2D eigenvalue weighted by Gasteiger charge is -2.25. The van der Waals surface area contributed by atoms with Crippen LogP contribution in [0.4, 0.5) is 0 Å². The second-order valence-electron chi connectivity index (χ2n) is 7.14. The Morgan fingerprint density at radius 2 is 1.19 bits per heavy atom. The Morgan fingerprint density at radius 3 is 1.62 bits per heavy atom. The summed E-state index contributed by atoms with van der Waals surface area (Å²) >= 11 is 14.7. The van der Waals surface area contributed by atoms with Gasteiger partial charge in [-0.15, -0.1) is 0 Å². The van der Waals surface area contributed by atoms with Gasteiger partial charge in [0.05, 0.1) is 6.61 Å². The van der Waals surface area contributed by atoms with Gasteiger partial charge < -0.3 is 4.74 Å². The third-order valence-corrected chi connectivity index (χ3v) is 6.33. The number of ether oxygens (including phenoxy) is 1. The molecule has 4 heteroatoms. The predicted molar refractivity (Wildman–Crippen MR) is 127 cm³/mol. The molecule has 1 aromatic rings. The first-order chi connectivity index (χ1) is 12.5. The molecule has 0 saturated carbocycles. The van der Waals surface area contributed by atoms with E-state index < -0.39 is 0 Å². The van der Waals surface area contributed by atoms with Gasteiger partial charge in [0.1, 0.15) is 5.75 Å². The fourth-order valence-corrected chi connectivity index (χ4v) is 4.48. The Bertz CT molecular complexity index is 485. The number of rotatable bonds is 13. The zero-order valence-electron chi connectivity index (χ0n) is 17.0. The maximum atomic E-state index is 6.32. The van der Waals surface area contributed by atoms with Crippen molar-refractivity contribution in [3.05, 3.63) is 28.8 Å². The Balaban J connectivity index is 3.41. The highest BCUT2D eigenvalue weighted by Crippen LogP contribution is 2.44. The van der Waals surface area contributed by atoms with Crippen molar-refractivity contribution in [1.29, 1.82) is 0 Å². The molecule has 1 rings (SSSR count). The fraction of sp³-hybridized carbons (Fsp3) is 0.727. The van der Waals surface area contributed by atoms with Crippen LogP contribution in [0.2, 0.25) is 0 Å². The average Bonchev–Trinajstić information content (AvgIpc) is 2.62. The van der Waals surface area contributed by atoms with E-state index in [1.807, 2.05) is 0 Å². The monoisotopic (exact) mass is 414 g/mol. The van der Waals surface area contributed by atoms with Crippen LogP contribution in [0.5, 0.6) is 5.75 Å². The molecule has 1 aromatic carbocycles. The van der Waals surface area contributed by atoms with Crippen LogP contribution in [0.25, 0.3) is 0 Å². The van der Waals surface area contributed by atoms with Crippen LogP contribution in [0.3, 0.4) is 0 Å². The number of unbranched alkanes of at least 4 members (excludes halogenated alkanes) is 1. The topological polar surface area (TPSA) is 9.23 Å². The van der Waals surface area contributed by atoms with Crippen molar-refractivity contribution in [2.45, 2.75) is 94.8 Å². The van der Waals surface area contributed by atoms with Crippen molar-refractivity contribution < 1.29 is 4.74 Å². The molecule has 0 amide bonds. The van der Waals surface area contributed by atoms with Crippen molar-refractivity contribution >= 4 is 37.9 Å². The molecule has 0 radical (unpaired) electrons. The van der Waals surface area contributed by atoms with Gasteiger partial charge in [-0.2, -0.15) is 37.9 Å². The van der Waals surface area contributed by atoms with Crippen LogP contribution in [0.15, 0.2) is 12.1 Å². The molecule has 150 valence electrons. The van der Waals surface area contributed by atoms with E-state index in [1.165, 1.54) is 16.7 Å². The summed E-state index contributed by atoms with van der Waals surface area (Å²) in [5.74, 6) is 1.03. The molecular formula is C22H38OS3. The highest BCUT2D eigenvalue weighted by atomic mass is 32.1. The molecule has 0 bridgehead atoms. The van der Waals surface area contributed by atoms with E-state index in [0.29, 0.717) is 0 Å². The summed E-state index contributed by atoms with van der Waals surface area (Å²) in [5, 5.41) is 0.644. The third-order valence-electron chi connectivity index (χ3n) is 4.70. The minimum Gasteiger partial charge on any atom is -0.493 e. The van der Waals surface area contributed by atoms with Crippen molar-refractivity contribution in [2.24, 2.45) is 0 Å². The van der Waals surface area contributed by atoms with Gasteiger partial charge in [0.25, 0.3) is 0 Å². The van der Waals surface area contributed by atoms with E-state index in [1.54, 1.807) is 0 Å². The normalized spacial score (nSPS) is 14.9. The average molecular weight is 415 g/mol. The molecule has 26 heavy (non-hydrogen) atoms. The second-order valence-corrected chi connectivity index (χ2v) is 9.01. The first-order valence-electron chi connectivity index (χ1n) is 10.3. The summed E-state index contributed by atoms with van der Waals surface area (Å²) in [7, 11) is 0. The van der Waals surface area contributed by atoms with E-state index in [0.717, 1.165) is 63.7 Å². The standard InChI is InChI=1S/C22H38OS3/c1-5-9-13-23-22-17(20(25)11-7-3)14-16(19(24)10-6-2)15-18(22)21(26)12-8-4/h14-15,19-21,24-26H,5-13H2,1-4H3. The van der Waals surface area contributed by atoms with E-state index in [9.17, 15) is 0 Å². The lowest BCUT2D eigenvalue weighted by atomic mass is 9.94. The van der Waals surface area contributed by atoms with Gasteiger partial charge in [-0.25, -0.2) is 0 Å². The maximum Gasteiger partial charge on any atom is 0.127 e. The highest BCUT2D eigenvalue weighted by molar-refractivity contribution is 7.81. The molecule has 0 aromatic heterocycles. The zero-order chi connectivity index (χ0) is 19.5. The smallest absolute Gasteiger partial charge is 0.127 e. The Hall–Kier alpha value is 0.0700. The lowest BCUT2D eigenvalue weighted by Crippen LogP contribution is -2.08. The number of thiol groups is 3.